The highest BCUT2D eigenvalue weighted by atomic mass is 32.2. The fourth-order valence-electron chi connectivity index (χ4n) is 1.79. The van der Waals surface area contributed by atoms with Gasteiger partial charge in [0, 0.05) is 13.6 Å². The largest absolute Gasteiger partial charge is 0.396 e. The Morgan fingerprint density at radius 1 is 1.15 bits per heavy atom. The molecule has 0 heterocycles. The van der Waals surface area contributed by atoms with Crippen LogP contribution in [0.1, 0.15) is 5.56 Å². The van der Waals surface area contributed by atoms with Crippen LogP contribution < -0.4 is 5.73 Å². The molecule has 2 aromatic carbocycles. The van der Waals surface area contributed by atoms with Gasteiger partial charge in [0.05, 0.1) is 10.6 Å². The fourth-order valence-corrected chi connectivity index (χ4v) is 2.98. The standard InChI is InChI=1S/C14H15FN2O2S/c1-17(10-11-5-3-2-4-6-11)20(18,19)12-7-8-13(15)14(16)9-12/h2-9H,10,16H2,1H3. The molecule has 106 valence electrons. The molecule has 0 spiro atoms. The van der Waals surface area contributed by atoms with Crippen LogP contribution in [0, 0.1) is 5.82 Å². The summed E-state index contributed by atoms with van der Waals surface area (Å²) >= 11 is 0. The van der Waals surface area contributed by atoms with Gasteiger partial charge in [0.1, 0.15) is 5.82 Å². The van der Waals surface area contributed by atoms with Crippen LogP contribution in [0.15, 0.2) is 53.4 Å². The summed E-state index contributed by atoms with van der Waals surface area (Å²) in [6, 6.07) is 12.6. The van der Waals surface area contributed by atoms with Crippen molar-refractivity contribution in [1.82, 2.24) is 4.31 Å². The maximum Gasteiger partial charge on any atom is 0.243 e. The molecule has 2 N–H and O–H groups in total. The highest BCUT2D eigenvalue weighted by molar-refractivity contribution is 7.89. The molecule has 0 aliphatic rings. The van der Waals surface area contributed by atoms with E-state index < -0.39 is 15.8 Å². The number of nitrogens with zero attached hydrogens (tertiary/aromatic N) is 1. The van der Waals surface area contributed by atoms with Gasteiger partial charge in [-0.25, -0.2) is 12.8 Å². The molecule has 0 radical (unpaired) electrons. The van der Waals surface area contributed by atoms with E-state index in [9.17, 15) is 12.8 Å². The Labute approximate surface area is 117 Å². The molecule has 0 unspecified atom stereocenters. The average Bonchev–Trinajstić information content (AvgIpc) is 2.42. The minimum absolute atomic E-state index is 0.0187. The first kappa shape index (κ1) is 14.5. The van der Waals surface area contributed by atoms with E-state index in [1.54, 1.807) is 0 Å². The summed E-state index contributed by atoms with van der Waals surface area (Å²) in [5, 5.41) is 0. The summed E-state index contributed by atoms with van der Waals surface area (Å²) in [4.78, 5) is -0.0187. The molecule has 0 saturated carbocycles. The first-order valence-corrected chi connectivity index (χ1v) is 7.40. The summed E-state index contributed by atoms with van der Waals surface area (Å²) < 4.78 is 39.0. The number of nitrogen functional groups attached to an aromatic ring is 1. The van der Waals surface area contributed by atoms with Crippen molar-refractivity contribution in [3.8, 4) is 0 Å². The van der Waals surface area contributed by atoms with Gasteiger partial charge in [-0.2, -0.15) is 4.31 Å². The Morgan fingerprint density at radius 3 is 2.40 bits per heavy atom. The molecular formula is C14H15FN2O2S. The van der Waals surface area contributed by atoms with Crippen LogP contribution in [0.3, 0.4) is 0 Å². The summed E-state index contributed by atoms with van der Waals surface area (Å²) in [7, 11) is -2.22. The summed E-state index contributed by atoms with van der Waals surface area (Å²) in [5.41, 5.74) is 6.10. The molecule has 0 aliphatic heterocycles. The molecule has 0 aliphatic carbocycles. The van der Waals surface area contributed by atoms with Crippen LogP contribution in [0.5, 0.6) is 0 Å². The SMILES string of the molecule is CN(Cc1ccccc1)S(=O)(=O)c1ccc(F)c(N)c1. The Kier molecular flexibility index (Phi) is 4.06. The van der Waals surface area contributed by atoms with Crippen molar-refractivity contribution in [3.63, 3.8) is 0 Å². The number of sulfonamides is 1. The van der Waals surface area contributed by atoms with Crippen molar-refractivity contribution in [2.45, 2.75) is 11.4 Å². The number of halogens is 1. The topological polar surface area (TPSA) is 63.4 Å². The Bertz CT molecular complexity index is 702. The zero-order chi connectivity index (χ0) is 14.8. The minimum Gasteiger partial charge on any atom is -0.396 e. The lowest BCUT2D eigenvalue weighted by Gasteiger charge is -2.17. The molecule has 2 aromatic rings. The van der Waals surface area contributed by atoms with Crippen LogP contribution in [0.4, 0.5) is 10.1 Å². The predicted octanol–water partition coefficient (Wildman–Crippen LogP) is 2.23. The normalized spacial score (nSPS) is 11.8. The van der Waals surface area contributed by atoms with Crippen LogP contribution in [0.25, 0.3) is 0 Å². The number of benzene rings is 2. The summed E-state index contributed by atoms with van der Waals surface area (Å²) in [6.45, 7) is 0.237. The number of hydrogen-bond donors (Lipinski definition) is 1. The van der Waals surface area contributed by atoms with E-state index in [0.29, 0.717) is 0 Å². The zero-order valence-corrected chi connectivity index (χ0v) is 11.8. The molecule has 6 heteroatoms. The van der Waals surface area contributed by atoms with Gasteiger partial charge in [0.25, 0.3) is 0 Å². The van der Waals surface area contributed by atoms with Gasteiger partial charge >= 0.3 is 0 Å². The quantitative estimate of drug-likeness (QED) is 0.880. The molecule has 0 bridgehead atoms. The van der Waals surface area contributed by atoms with E-state index >= 15 is 0 Å². The van der Waals surface area contributed by atoms with E-state index in [0.717, 1.165) is 17.7 Å². The smallest absolute Gasteiger partial charge is 0.243 e. The molecule has 0 aromatic heterocycles. The van der Waals surface area contributed by atoms with Gasteiger partial charge in [-0.1, -0.05) is 30.3 Å². The number of rotatable bonds is 4. The molecule has 2 rings (SSSR count). The molecule has 20 heavy (non-hydrogen) atoms. The second kappa shape index (κ2) is 5.60. The first-order valence-electron chi connectivity index (χ1n) is 5.96. The van der Waals surface area contributed by atoms with Crippen LogP contribution in [-0.2, 0) is 16.6 Å². The molecule has 0 saturated heterocycles. The van der Waals surface area contributed by atoms with Gasteiger partial charge < -0.3 is 5.73 Å². The third kappa shape index (κ3) is 2.97. The van der Waals surface area contributed by atoms with Crippen molar-refractivity contribution in [2.24, 2.45) is 0 Å². The third-order valence-corrected chi connectivity index (χ3v) is 4.72. The van der Waals surface area contributed by atoms with Gasteiger partial charge in [0.2, 0.25) is 10.0 Å². The maximum absolute atomic E-state index is 13.1. The lowest BCUT2D eigenvalue weighted by Crippen LogP contribution is -2.26. The van der Waals surface area contributed by atoms with E-state index in [1.165, 1.54) is 17.4 Å². The molecule has 4 nitrogen and oxygen atoms in total. The Balaban J connectivity index is 2.27. The second-order valence-corrected chi connectivity index (χ2v) is 6.47. The van der Waals surface area contributed by atoms with Crippen LogP contribution in [0.2, 0.25) is 0 Å². The van der Waals surface area contributed by atoms with Gasteiger partial charge in [-0.15, -0.1) is 0 Å². The van der Waals surface area contributed by atoms with Crippen molar-refractivity contribution in [3.05, 3.63) is 59.9 Å². The average molecular weight is 294 g/mol. The first-order chi connectivity index (χ1) is 9.41. The van der Waals surface area contributed by atoms with Gasteiger partial charge in [-0.05, 0) is 23.8 Å². The lowest BCUT2D eigenvalue weighted by atomic mass is 10.2. The fraction of sp³-hybridized carbons (Fsp3) is 0.143. The summed E-state index contributed by atoms with van der Waals surface area (Å²) in [6.07, 6.45) is 0. The van der Waals surface area contributed by atoms with E-state index in [-0.39, 0.29) is 17.1 Å². The number of nitrogens with two attached hydrogens (primary N) is 1. The predicted molar refractivity (Wildman–Crippen MR) is 75.9 cm³/mol. The van der Waals surface area contributed by atoms with E-state index in [2.05, 4.69) is 0 Å². The van der Waals surface area contributed by atoms with Crippen LogP contribution in [-0.4, -0.2) is 19.8 Å². The minimum atomic E-state index is -3.69. The van der Waals surface area contributed by atoms with Crippen LogP contribution >= 0.6 is 0 Å². The molecular weight excluding hydrogens is 279 g/mol. The highest BCUT2D eigenvalue weighted by Gasteiger charge is 2.21. The van der Waals surface area contributed by atoms with Crippen molar-refractivity contribution >= 4 is 15.7 Å². The van der Waals surface area contributed by atoms with Crippen molar-refractivity contribution < 1.29 is 12.8 Å². The Hall–Kier alpha value is -1.92. The summed E-state index contributed by atoms with van der Waals surface area (Å²) in [5.74, 6) is -0.630. The Morgan fingerprint density at radius 2 is 1.80 bits per heavy atom. The van der Waals surface area contributed by atoms with E-state index in [1.807, 2.05) is 30.3 Å². The van der Waals surface area contributed by atoms with Crippen molar-refractivity contribution in [2.75, 3.05) is 12.8 Å². The van der Waals surface area contributed by atoms with Gasteiger partial charge in [0.15, 0.2) is 0 Å². The molecule has 0 fully saturated rings. The lowest BCUT2D eigenvalue weighted by molar-refractivity contribution is 0.466. The molecule has 0 atom stereocenters. The second-order valence-electron chi connectivity index (χ2n) is 4.43. The van der Waals surface area contributed by atoms with Crippen molar-refractivity contribution in [1.29, 1.82) is 0 Å². The zero-order valence-electron chi connectivity index (χ0n) is 11.0. The number of hydrogen-bond acceptors (Lipinski definition) is 3. The maximum atomic E-state index is 13.1. The third-order valence-electron chi connectivity index (χ3n) is 2.92. The number of anilines is 1. The van der Waals surface area contributed by atoms with Gasteiger partial charge in [-0.3, -0.25) is 0 Å². The van der Waals surface area contributed by atoms with E-state index in [4.69, 9.17) is 5.73 Å². The highest BCUT2D eigenvalue weighted by Crippen LogP contribution is 2.20. The monoisotopic (exact) mass is 294 g/mol. The molecule has 0 amide bonds.